The smallest absolute Gasteiger partial charge is 0.240 e. The van der Waals surface area contributed by atoms with Crippen molar-refractivity contribution in [2.45, 2.75) is 68.8 Å². The lowest BCUT2D eigenvalue weighted by atomic mass is 9.79. The van der Waals surface area contributed by atoms with E-state index >= 15 is 0 Å². The van der Waals surface area contributed by atoms with E-state index in [-0.39, 0.29) is 23.9 Å². The molecule has 6 heteroatoms. The minimum absolute atomic E-state index is 0. The van der Waals surface area contributed by atoms with Crippen LogP contribution in [0.15, 0.2) is 59.5 Å². The topological polar surface area (TPSA) is 49.4 Å². The zero-order chi connectivity index (χ0) is 21.9. The molecule has 1 saturated carbocycles. The Bertz CT molecular complexity index is 914. The summed E-state index contributed by atoms with van der Waals surface area (Å²) in [5, 5.41) is 0. The minimum atomic E-state index is -3.49. The van der Waals surface area contributed by atoms with Crippen molar-refractivity contribution in [2.75, 3.05) is 14.1 Å². The van der Waals surface area contributed by atoms with Crippen molar-refractivity contribution in [1.82, 2.24) is 9.62 Å². The first kappa shape index (κ1) is 25.9. The number of halogens is 1. The molecular weight excluding hydrogens is 428 g/mol. The molecule has 1 N–H and O–H groups in total. The van der Waals surface area contributed by atoms with Crippen LogP contribution in [0.2, 0.25) is 0 Å². The standard InChI is InChI=1S/C25H36N2O2S.ClH/c1-25(2,3)21-13-17-23(18-14-21)30(28,29)26-22-15-11-20(12-16-22)24(27(4)5)19-9-7-6-8-10-19;/h6-10,13-14,17-18,20,22,24,26H,11-12,15-16H2,1-5H3;1H. The van der Waals surface area contributed by atoms with Crippen molar-refractivity contribution in [1.29, 1.82) is 0 Å². The lowest BCUT2D eigenvalue weighted by Crippen LogP contribution is -2.39. The molecule has 1 unspecified atom stereocenters. The second-order valence-electron chi connectivity index (χ2n) is 9.83. The molecule has 31 heavy (non-hydrogen) atoms. The van der Waals surface area contributed by atoms with Crippen LogP contribution in [0.3, 0.4) is 0 Å². The molecule has 1 aliphatic carbocycles. The molecule has 2 aromatic carbocycles. The van der Waals surface area contributed by atoms with Gasteiger partial charge in [0, 0.05) is 12.1 Å². The fourth-order valence-corrected chi connectivity index (χ4v) is 5.92. The molecule has 1 atom stereocenters. The van der Waals surface area contributed by atoms with E-state index in [1.165, 1.54) is 5.56 Å². The van der Waals surface area contributed by atoms with Crippen LogP contribution in [0, 0.1) is 5.92 Å². The SMILES string of the molecule is CN(C)C(c1ccccc1)C1CCC(NS(=O)(=O)c2ccc(C(C)(C)C)cc2)CC1.Cl. The van der Waals surface area contributed by atoms with Gasteiger partial charge in [-0.15, -0.1) is 12.4 Å². The molecule has 0 saturated heterocycles. The van der Waals surface area contributed by atoms with Gasteiger partial charge in [0.25, 0.3) is 0 Å². The van der Waals surface area contributed by atoms with Crippen molar-refractivity contribution in [3.05, 3.63) is 65.7 Å². The minimum Gasteiger partial charge on any atom is -0.302 e. The van der Waals surface area contributed by atoms with Crippen LogP contribution in [-0.4, -0.2) is 33.5 Å². The molecule has 0 spiro atoms. The molecule has 1 fully saturated rings. The van der Waals surface area contributed by atoms with E-state index in [9.17, 15) is 8.42 Å². The van der Waals surface area contributed by atoms with E-state index in [4.69, 9.17) is 0 Å². The average molecular weight is 465 g/mol. The van der Waals surface area contributed by atoms with Crippen LogP contribution in [-0.2, 0) is 15.4 Å². The van der Waals surface area contributed by atoms with Gasteiger partial charge in [0.1, 0.15) is 0 Å². The van der Waals surface area contributed by atoms with Gasteiger partial charge in [-0.2, -0.15) is 0 Å². The van der Waals surface area contributed by atoms with E-state index in [0.29, 0.717) is 16.9 Å². The summed E-state index contributed by atoms with van der Waals surface area (Å²) in [6, 6.07) is 18.3. The van der Waals surface area contributed by atoms with E-state index in [0.717, 1.165) is 31.2 Å². The van der Waals surface area contributed by atoms with Gasteiger partial charge in [-0.1, -0.05) is 63.2 Å². The average Bonchev–Trinajstić information content (AvgIpc) is 2.69. The number of benzene rings is 2. The predicted molar refractivity (Wildman–Crippen MR) is 131 cm³/mol. The van der Waals surface area contributed by atoms with E-state index < -0.39 is 10.0 Å². The molecule has 2 aromatic rings. The van der Waals surface area contributed by atoms with Crippen LogP contribution in [0.4, 0.5) is 0 Å². The zero-order valence-electron chi connectivity index (χ0n) is 19.3. The maximum absolute atomic E-state index is 12.9. The lowest BCUT2D eigenvalue weighted by molar-refractivity contribution is 0.161. The second kappa shape index (κ2) is 10.5. The summed E-state index contributed by atoms with van der Waals surface area (Å²) in [6.07, 6.45) is 3.80. The second-order valence-corrected chi connectivity index (χ2v) is 11.5. The van der Waals surface area contributed by atoms with Gasteiger partial charge < -0.3 is 4.90 Å². The monoisotopic (exact) mass is 464 g/mol. The molecule has 0 amide bonds. The van der Waals surface area contributed by atoms with Gasteiger partial charge >= 0.3 is 0 Å². The van der Waals surface area contributed by atoms with Crippen LogP contribution >= 0.6 is 12.4 Å². The Balaban J connectivity index is 0.00000341. The third-order valence-corrected chi connectivity index (χ3v) is 7.80. The zero-order valence-corrected chi connectivity index (χ0v) is 21.0. The summed E-state index contributed by atoms with van der Waals surface area (Å²) in [6.45, 7) is 6.39. The maximum atomic E-state index is 12.9. The molecule has 172 valence electrons. The first-order valence-corrected chi connectivity index (χ1v) is 12.4. The summed E-state index contributed by atoms with van der Waals surface area (Å²) >= 11 is 0. The molecule has 0 aliphatic heterocycles. The summed E-state index contributed by atoms with van der Waals surface area (Å²) in [4.78, 5) is 2.65. The lowest BCUT2D eigenvalue weighted by Gasteiger charge is -2.37. The fraction of sp³-hybridized carbons (Fsp3) is 0.520. The summed E-state index contributed by atoms with van der Waals surface area (Å²) in [5.41, 5.74) is 2.48. The van der Waals surface area contributed by atoms with Gasteiger partial charge in [-0.25, -0.2) is 13.1 Å². The number of hydrogen-bond donors (Lipinski definition) is 1. The normalized spacial score (nSPS) is 20.8. The first-order chi connectivity index (χ1) is 14.1. The van der Waals surface area contributed by atoms with Crippen molar-refractivity contribution in [3.8, 4) is 0 Å². The van der Waals surface area contributed by atoms with Crippen molar-refractivity contribution in [3.63, 3.8) is 0 Å². The first-order valence-electron chi connectivity index (χ1n) is 10.9. The Hall–Kier alpha value is -1.40. The Labute approximate surface area is 194 Å². The van der Waals surface area contributed by atoms with Gasteiger partial charge in [0.2, 0.25) is 10.0 Å². The number of nitrogens with one attached hydrogen (secondary N) is 1. The number of sulfonamides is 1. The van der Waals surface area contributed by atoms with Crippen molar-refractivity contribution >= 4 is 22.4 Å². The van der Waals surface area contributed by atoms with Crippen LogP contribution in [0.1, 0.15) is 63.6 Å². The Kier molecular flexibility index (Phi) is 8.74. The Morgan fingerprint density at radius 3 is 1.94 bits per heavy atom. The number of hydrogen-bond acceptors (Lipinski definition) is 3. The fourth-order valence-electron chi connectivity index (χ4n) is 4.62. The quantitative estimate of drug-likeness (QED) is 0.610. The van der Waals surface area contributed by atoms with Gasteiger partial charge in [0.15, 0.2) is 0 Å². The summed E-state index contributed by atoms with van der Waals surface area (Å²) in [5.74, 6) is 0.536. The molecule has 0 bridgehead atoms. The molecule has 4 nitrogen and oxygen atoms in total. The highest BCUT2D eigenvalue weighted by Gasteiger charge is 2.31. The molecular formula is C25H37ClN2O2S. The van der Waals surface area contributed by atoms with E-state index in [1.807, 2.05) is 12.1 Å². The Morgan fingerprint density at radius 2 is 1.45 bits per heavy atom. The van der Waals surface area contributed by atoms with E-state index in [1.54, 1.807) is 12.1 Å². The van der Waals surface area contributed by atoms with Crippen LogP contribution < -0.4 is 4.72 Å². The largest absolute Gasteiger partial charge is 0.302 e. The highest BCUT2D eigenvalue weighted by molar-refractivity contribution is 7.89. The third-order valence-electron chi connectivity index (χ3n) is 6.27. The molecule has 1 aliphatic rings. The molecule has 0 aromatic heterocycles. The molecule has 3 rings (SSSR count). The van der Waals surface area contributed by atoms with Crippen LogP contribution in [0.5, 0.6) is 0 Å². The van der Waals surface area contributed by atoms with Crippen molar-refractivity contribution in [2.24, 2.45) is 5.92 Å². The Morgan fingerprint density at radius 1 is 0.903 bits per heavy atom. The van der Waals surface area contributed by atoms with Crippen molar-refractivity contribution < 1.29 is 8.42 Å². The predicted octanol–water partition coefficient (Wildman–Crippen LogP) is 5.55. The molecule has 0 radical (unpaired) electrons. The van der Waals surface area contributed by atoms with E-state index in [2.05, 4.69) is 74.8 Å². The highest BCUT2D eigenvalue weighted by atomic mass is 35.5. The summed E-state index contributed by atoms with van der Waals surface area (Å²) < 4.78 is 28.7. The number of nitrogens with zero attached hydrogens (tertiary/aromatic N) is 1. The highest BCUT2D eigenvalue weighted by Crippen LogP contribution is 2.37. The summed E-state index contributed by atoms with van der Waals surface area (Å²) in [7, 11) is 0.777. The maximum Gasteiger partial charge on any atom is 0.240 e. The number of rotatable bonds is 6. The van der Waals surface area contributed by atoms with Gasteiger partial charge in [-0.05, 0) is 74.4 Å². The van der Waals surface area contributed by atoms with Gasteiger partial charge in [0.05, 0.1) is 4.90 Å². The van der Waals surface area contributed by atoms with Gasteiger partial charge in [-0.3, -0.25) is 0 Å². The molecule has 0 heterocycles. The third kappa shape index (κ3) is 6.55. The van der Waals surface area contributed by atoms with Crippen LogP contribution in [0.25, 0.3) is 0 Å².